The quantitative estimate of drug-likeness (QED) is 0.130. The van der Waals surface area contributed by atoms with Crippen LogP contribution in [0.15, 0.2) is 291 Å². The van der Waals surface area contributed by atoms with Crippen molar-refractivity contribution in [1.29, 1.82) is 0 Å². The van der Waals surface area contributed by atoms with Gasteiger partial charge in [-0.05, 0) is 160 Å². The van der Waals surface area contributed by atoms with Crippen LogP contribution in [0.25, 0.3) is 99.1 Å². The van der Waals surface area contributed by atoms with E-state index in [4.69, 9.17) is 0 Å². The van der Waals surface area contributed by atoms with E-state index in [0.29, 0.717) is 0 Å². The third-order valence-corrected chi connectivity index (χ3v) is 15.9. The van der Waals surface area contributed by atoms with Gasteiger partial charge in [-0.25, -0.2) is 0 Å². The van der Waals surface area contributed by atoms with Gasteiger partial charge in [-0.15, -0.1) is 0 Å². The molecule has 0 heterocycles. The largest absolute Gasteiger partial charge is 0.310 e. The van der Waals surface area contributed by atoms with Gasteiger partial charge in [0.1, 0.15) is 0 Å². The highest BCUT2D eigenvalue weighted by Gasteiger charge is 2.42. The van der Waals surface area contributed by atoms with Crippen LogP contribution in [0.2, 0.25) is 0 Å². The molecule has 13 aromatic rings. The summed E-state index contributed by atoms with van der Waals surface area (Å²) in [5.74, 6) is 0. The fourth-order valence-corrected chi connectivity index (χ4v) is 12.2. The Morgan fingerprint density at radius 3 is 1.37 bits per heavy atom. The zero-order valence-corrected chi connectivity index (χ0v) is 41.7. The molecule has 1 unspecified atom stereocenters. The Bertz CT molecular complexity index is 4260. The molecule has 14 rings (SSSR count). The van der Waals surface area contributed by atoms with Crippen LogP contribution in [0.5, 0.6) is 0 Å². The van der Waals surface area contributed by atoms with Crippen LogP contribution < -0.4 is 4.90 Å². The van der Waals surface area contributed by atoms with Gasteiger partial charge in [-0.1, -0.05) is 249 Å². The Kier molecular flexibility index (Phi) is 10.7. The van der Waals surface area contributed by atoms with E-state index in [-0.39, 0.29) is 5.41 Å². The minimum atomic E-state index is -0.331. The summed E-state index contributed by atoms with van der Waals surface area (Å²) in [4.78, 5) is 2.47. The summed E-state index contributed by atoms with van der Waals surface area (Å²) in [7, 11) is 0. The normalized spacial score (nSPS) is 13.7. The molecule has 1 aliphatic carbocycles. The lowest BCUT2D eigenvalue weighted by Gasteiger charge is -2.30. The van der Waals surface area contributed by atoms with Crippen LogP contribution in [-0.4, -0.2) is 0 Å². The van der Waals surface area contributed by atoms with E-state index in [2.05, 4.69) is 303 Å². The molecule has 352 valence electrons. The van der Waals surface area contributed by atoms with Gasteiger partial charge in [0, 0.05) is 22.4 Å². The SMILES string of the molecule is CC1(c2ccccc2)c2ccccc2-c2c(N(c3ccc(-c4ccc(-c5ccc6ccccc6c5)cc4)cc3)c3ccc(-c4ccc5c(c4)c(-c4ccccc4)c(-c4ccccc4)c4ccccc45)cc3)cccc21. The molecule has 75 heavy (non-hydrogen) atoms. The summed E-state index contributed by atoms with van der Waals surface area (Å²) in [6, 6.07) is 107. The van der Waals surface area contributed by atoms with E-state index in [9.17, 15) is 0 Å². The highest BCUT2D eigenvalue weighted by atomic mass is 15.1. The standard InChI is InChI=1S/C74H51N/c1-74(60-24-9-4-10-25-60)68-29-16-15-28-66(68)73-69(74)30-17-31-70(73)75(61-43-38-52(39-44-61)51-32-34-53(35-33-51)58-37-36-50-18-11-12-23-57(50)48-58)62-45-40-54(41-46-62)59-42-47-64-63-26-13-14-27-65(63)71(55-19-5-2-6-20-55)72(67(64)49-59)56-21-7-3-8-22-56/h2-49H,1H3. The fraction of sp³-hybridized carbons (Fsp3) is 0.0270. The molecule has 0 saturated carbocycles. The Labute approximate surface area is 438 Å². The third-order valence-electron chi connectivity index (χ3n) is 15.9. The number of anilines is 3. The van der Waals surface area contributed by atoms with Gasteiger partial charge in [-0.2, -0.15) is 0 Å². The molecule has 0 aliphatic heterocycles. The van der Waals surface area contributed by atoms with Crippen LogP contribution in [0.3, 0.4) is 0 Å². The molecule has 0 fully saturated rings. The van der Waals surface area contributed by atoms with Gasteiger partial charge in [0.15, 0.2) is 0 Å². The zero-order chi connectivity index (χ0) is 49.9. The van der Waals surface area contributed by atoms with E-state index in [1.165, 1.54) is 110 Å². The van der Waals surface area contributed by atoms with Crippen molar-refractivity contribution >= 4 is 49.4 Å². The number of fused-ring (bicyclic) bond motifs is 7. The van der Waals surface area contributed by atoms with Crippen molar-refractivity contribution < 1.29 is 0 Å². The first-order valence-corrected chi connectivity index (χ1v) is 26.1. The average molecular weight is 954 g/mol. The Morgan fingerprint density at radius 1 is 0.267 bits per heavy atom. The lowest BCUT2D eigenvalue weighted by Crippen LogP contribution is -2.22. The van der Waals surface area contributed by atoms with Crippen molar-refractivity contribution in [1.82, 2.24) is 0 Å². The second kappa shape index (κ2) is 18.2. The smallest absolute Gasteiger partial charge is 0.0543 e. The van der Waals surface area contributed by atoms with Crippen molar-refractivity contribution in [2.75, 3.05) is 4.90 Å². The first kappa shape index (κ1) is 44.2. The molecule has 0 N–H and O–H groups in total. The monoisotopic (exact) mass is 953 g/mol. The van der Waals surface area contributed by atoms with Gasteiger partial charge in [0.25, 0.3) is 0 Å². The third kappa shape index (κ3) is 7.47. The predicted molar refractivity (Wildman–Crippen MR) is 318 cm³/mol. The maximum Gasteiger partial charge on any atom is 0.0543 e. The zero-order valence-electron chi connectivity index (χ0n) is 41.7. The molecule has 0 bridgehead atoms. The molecule has 1 atom stereocenters. The topological polar surface area (TPSA) is 3.24 Å². The maximum absolute atomic E-state index is 2.47. The molecule has 1 heteroatoms. The Balaban J connectivity index is 0.899. The Hall–Kier alpha value is -9.56. The molecular formula is C74H51N. The lowest BCUT2D eigenvalue weighted by atomic mass is 9.74. The first-order chi connectivity index (χ1) is 37.1. The summed E-state index contributed by atoms with van der Waals surface area (Å²) >= 11 is 0. The maximum atomic E-state index is 2.47. The van der Waals surface area contributed by atoms with Crippen LogP contribution in [0.1, 0.15) is 23.6 Å². The van der Waals surface area contributed by atoms with E-state index >= 15 is 0 Å². The predicted octanol–water partition coefficient (Wildman–Crippen LogP) is 20.3. The van der Waals surface area contributed by atoms with Crippen molar-refractivity contribution in [3.63, 3.8) is 0 Å². The minimum absolute atomic E-state index is 0.331. The molecule has 0 amide bonds. The van der Waals surface area contributed by atoms with Gasteiger partial charge in [-0.3, -0.25) is 0 Å². The highest BCUT2D eigenvalue weighted by molar-refractivity contribution is 6.22. The van der Waals surface area contributed by atoms with Crippen LogP contribution in [0.4, 0.5) is 17.1 Å². The summed E-state index contributed by atoms with van der Waals surface area (Å²) in [5, 5.41) is 7.52. The van der Waals surface area contributed by atoms with Gasteiger partial charge in [0.2, 0.25) is 0 Å². The van der Waals surface area contributed by atoms with Gasteiger partial charge < -0.3 is 4.90 Å². The van der Waals surface area contributed by atoms with Crippen LogP contribution >= 0.6 is 0 Å². The summed E-state index contributed by atoms with van der Waals surface area (Å²) in [6.07, 6.45) is 0. The second-order valence-electron chi connectivity index (χ2n) is 20.1. The number of nitrogens with zero attached hydrogens (tertiary/aromatic N) is 1. The molecule has 0 spiro atoms. The van der Waals surface area contributed by atoms with Gasteiger partial charge in [0.05, 0.1) is 5.69 Å². The first-order valence-electron chi connectivity index (χ1n) is 26.1. The second-order valence-corrected chi connectivity index (χ2v) is 20.1. The van der Waals surface area contributed by atoms with Crippen molar-refractivity contribution in [3.8, 4) is 66.8 Å². The summed E-state index contributed by atoms with van der Waals surface area (Å²) in [6.45, 7) is 2.40. The van der Waals surface area contributed by atoms with E-state index < -0.39 is 0 Å². The molecular weight excluding hydrogens is 903 g/mol. The van der Waals surface area contributed by atoms with Crippen molar-refractivity contribution in [2.45, 2.75) is 12.3 Å². The lowest BCUT2D eigenvalue weighted by molar-refractivity contribution is 0.714. The van der Waals surface area contributed by atoms with Gasteiger partial charge >= 0.3 is 0 Å². The average Bonchev–Trinajstić information content (AvgIpc) is 3.80. The van der Waals surface area contributed by atoms with E-state index in [1.54, 1.807) is 0 Å². The fourth-order valence-electron chi connectivity index (χ4n) is 12.2. The minimum Gasteiger partial charge on any atom is -0.310 e. The summed E-state index contributed by atoms with van der Waals surface area (Å²) < 4.78 is 0. The number of benzene rings is 13. The highest BCUT2D eigenvalue weighted by Crippen LogP contribution is 2.57. The van der Waals surface area contributed by atoms with E-state index in [0.717, 1.165) is 22.6 Å². The molecule has 1 nitrogen and oxygen atoms in total. The molecule has 13 aromatic carbocycles. The molecule has 0 saturated heterocycles. The Morgan fingerprint density at radius 2 is 0.720 bits per heavy atom. The molecule has 0 aromatic heterocycles. The van der Waals surface area contributed by atoms with Crippen LogP contribution in [-0.2, 0) is 5.41 Å². The summed E-state index contributed by atoms with van der Waals surface area (Å²) in [5.41, 5.74) is 21.5. The number of hydrogen-bond acceptors (Lipinski definition) is 1. The number of rotatable bonds is 9. The van der Waals surface area contributed by atoms with Crippen LogP contribution in [0, 0.1) is 0 Å². The van der Waals surface area contributed by atoms with E-state index in [1.807, 2.05) is 0 Å². The van der Waals surface area contributed by atoms with Crippen molar-refractivity contribution in [3.05, 3.63) is 308 Å². The molecule has 0 radical (unpaired) electrons. The van der Waals surface area contributed by atoms with Crippen molar-refractivity contribution in [2.24, 2.45) is 0 Å². The number of hydrogen-bond donors (Lipinski definition) is 0. The molecule has 1 aliphatic rings.